The smallest absolute Gasteiger partial charge is 0.162 e. The molecule has 1 N–H and O–H groups in total. The molecule has 0 unspecified atom stereocenters. The van der Waals surface area contributed by atoms with Crippen molar-refractivity contribution in [2.45, 2.75) is 32.3 Å². The molecule has 1 aliphatic heterocycles. The minimum atomic E-state index is -0.467. The van der Waals surface area contributed by atoms with E-state index >= 15 is 0 Å². The van der Waals surface area contributed by atoms with Crippen LogP contribution in [0.4, 0.5) is 15.9 Å². The van der Waals surface area contributed by atoms with E-state index in [-0.39, 0.29) is 11.1 Å². The monoisotopic (exact) mass is 444 g/mol. The average molecular weight is 445 g/mol. The van der Waals surface area contributed by atoms with Crippen molar-refractivity contribution in [1.82, 2.24) is 14.9 Å². The van der Waals surface area contributed by atoms with Gasteiger partial charge < -0.3 is 19.7 Å². The molecule has 0 atom stereocenters. The molecule has 2 aromatic carbocycles. The molecule has 0 bridgehead atoms. The summed E-state index contributed by atoms with van der Waals surface area (Å²) in [6.07, 6.45) is 4.73. The summed E-state index contributed by atoms with van der Waals surface area (Å²) in [6, 6.07) is 8.20. The normalized spacial score (nSPS) is 15.2. The Morgan fingerprint density at radius 3 is 2.68 bits per heavy atom. The summed E-state index contributed by atoms with van der Waals surface area (Å²) in [4.78, 5) is 11.2. The lowest BCUT2D eigenvalue weighted by atomic mass is 10.1. The molecule has 8 heteroatoms. The van der Waals surface area contributed by atoms with Gasteiger partial charge in [0.2, 0.25) is 0 Å². The second-order valence-corrected chi connectivity index (χ2v) is 8.06. The van der Waals surface area contributed by atoms with Gasteiger partial charge in [-0.3, -0.25) is 0 Å². The van der Waals surface area contributed by atoms with Gasteiger partial charge in [-0.1, -0.05) is 18.5 Å². The highest BCUT2D eigenvalue weighted by Crippen LogP contribution is 2.36. The maximum absolute atomic E-state index is 13.5. The number of methoxy groups -OCH3 is 1. The summed E-state index contributed by atoms with van der Waals surface area (Å²) >= 11 is 5.91. The number of nitrogens with zero attached hydrogens (tertiary/aromatic N) is 3. The van der Waals surface area contributed by atoms with Crippen LogP contribution in [0.25, 0.3) is 10.9 Å². The van der Waals surface area contributed by atoms with Gasteiger partial charge in [0.15, 0.2) is 11.5 Å². The number of ether oxygens (including phenoxy) is 2. The first-order valence-electron chi connectivity index (χ1n) is 10.5. The molecule has 1 saturated heterocycles. The Morgan fingerprint density at radius 2 is 1.97 bits per heavy atom. The SMILES string of the molecule is CCCN1CCC(Oc2cc3c(Nc4ccc(F)c(Cl)c4)ncnc3cc2OC)CC1. The average Bonchev–Trinajstić information content (AvgIpc) is 2.78. The summed E-state index contributed by atoms with van der Waals surface area (Å²) in [5.41, 5.74) is 1.35. The Hall–Kier alpha value is -2.64. The van der Waals surface area contributed by atoms with Crippen molar-refractivity contribution < 1.29 is 13.9 Å². The number of rotatable bonds is 7. The van der Waals surface area contributed by atoms with Gasteiger partial charge in [0.25, 0.3) is 0 Å². The molecule has 0 saturated carbocycles. The van der Waals surface area contributed by atoms with Crippen LogP contribution in [0, 0.1) is 5.82 Å². The molecule has 2 heterocycles. The van der Waals surface area contributed by atoms with Crippen molar-refractivity contribution in [3.63, 3.8) is 0 Å². The fraction of sp³-hybridized carbons (Fsp3) is 0.391. The maximum Gasteiger partial charge on any atom is 0.162 e. The Kier molecular flexibility index (Phi) is 6.73. The molecular formula is C23H26ClFN4O2. The Labute approximate surface area is 186 Å². The van der Waals surface area contributed by atoms with Crippen molar-refractivity contribution >= 4 is 34.0 Å². The number of hydrogen-bond acceptors (Lipinski definition) is 6. The summed E-state index contributed by atoms with van der Waals surface area (Å²) in [7, 11) is 1.62. The van der Waals surface area contributed by atoms with Crippen LogP contribution in [0.3, 0.4) is 0 Å². The van der Waals surface area contributed by atoms with Crippen LogP contribution in [-0.4, -0.2) is 47.7 Å². The number of hydrogen-bond donors (Lipinski definition) is 1. The molecule has 0 amide bonds. The van der Waals surface area contributed by atoms with Crippen molar-refractivity contribution in [2.75, 3.05) is 32.1 Å². The predicted octanol–water partition coefficient (Wildman–Crippen LogP) is 5.43. The number of benzene rings is 2. The van der Waals surface area contributed by atoms with Gasteiger partial charge in [0, 0.05) is 30.2 Å². The lowest BCUT2D eigenvalue weighted by Gasteiger charge is -2.32. The molecular weight excluding hydrogens is 419 g/mol. The standard InChI is InChI=1S/C23H26ClFN4O2/c1-3-8-29-9-6-16(7-10-29)31-22-12-17-20(13-21(22)30-2)26-14-27-23(17)28-15-4-5-19(25)18(24)11-15/h4-5,11-14,16H,3,6-10H2,1-2H3,(H,26,27,28). The zero-order chi connectivity index (χ0) is 21.8. The van der Waals surface area contributed by atoms with Gasteiger partial charge in [-0.2, -0.15) is 0 Å². The van der Waals surface area contributed by atoms with E-state index < -0.39 is 5.82 Å². The van der Waals surface area contributed by atoms with E-state index in [0.717, 1.165) is 37.9 Å². The number of aromatic nitrogens is 2. The zero-order valence-corrected chi connectivity index (χ0v) is 18.5. The molecule has 3 aromatic rings. The van der Waals surface area contributed by atoms with Crippen molar-refractivity contribution in [2.24, 2.45) is 0 Å². The van der Waals surface area contributed by atoms with Crippen LogP contribution in [0.5, 0.6) is 11.5 Å². The van der Waals surface area contributed by atoms with Crippen molar-refractivity contribution in [3.05, 3.63) is 47.5 Å². The second-order valence-electron chi connectivity index (χ2n) is 7.66. The number of anilines is 2. The van der Waals surface area contributed by atoms with Crippen LogP contribution in [0.2, 0.25) is 5.02 Å². The molecule has 4 rings (SSSR count). The second kappa shape index (κ2) is 9.66. The van der Waals surface area contributed by atoms with Crippen LogP contribution in [-0.2, 0) is 0 Å². The number of halogens is 2. The first-order valence-corrected chi connectivity index (χ1v) is 10.9. The van der Waals surface area contributed by atoms with Gasteiger partial charge in [-0.25, -0.2) is 14.4 Å². The Bertz CT molecular complexity index is 1060. The fourth-order valence-electron chi connectivity index (χ4n) is 3.87. The topological polar surface area (TPSA) is 59.5 Å². The number of likely N-dealkylation sites (tertiary alicyclic amines) is 1. The van der Waals surface area contributed by atoms with Gasteiger partial charge >= 0.3 is 0 Å². The van der Waals surface area contributed by atoms with E-state index in [2.05, 4.69) is 27.1 Å². The molecule has 164 valence electrons. The maximum atomic E-state index is 13.5. The molecule has 31 heavy (non-hydrogen) atoms. The van der Waals surface area contributed by atoms with E-state index in [4.69, 9.17) is 21.1 Å². The van der Waals surface area contributed by atoms with Crippen molar-refractivity contribution in [3.8, 4) is 11.5 Å². The van der Waals surface area contributed by atoms with Gasteiger partial charge in [-0.05, 0) is 50.1 Å². The minimum Gasteiger partial charge on any atom is -0.493 e. The third kappa shape index (κ3) is 4.99. The highest BCUT2D eigenvalue weighted by Gasteiger charge is 2.22. The summed E-state index contributed by atoms with van der Waals surface area (Å²) in [5, 5.41) is 4.02. The van der Waals surface area contributed by atoms with E-state index in [0.29, 0.717) is 28.5 Å². The first-order chi connectivity index (χ1) is 15.1. The highest BCUT2D eigenvalue weighted by molar-refractivity contribution is 6.31. The van der Waals surface area contributed by atoms with Gasteiger partial charge in [-0.15, -0.1) is 0 Å². The lowest BCUT2D eigenvalue weighted by Crippen LogP contribution is -2.38. The van der Waals surface area contributed by atoms with Crippen LogP contribution < -0.4 is 14.8 Å². The van der Waals surface area contributed by atoms with E-state index in [9.17, 15) is 4.39 Å². The van der Waals surface area contributed by atoms with Crippen LogP contribution in [0.15, 0.2) is 36.7 Å². The summed E-state index contributed by atoms with van der Waals surface area (Å²) in [6.45, 7) is 5.41. The number of nitrogens with one attached hydrogen (secondary N) is 1. The summed E-state index contributed by atoms with van der Waals surface area (Å²) < 4.78 is 25.4. The highest BCUT2D eigenvalue weighted by atomic mass is 35.5. The lowest BCUT2D eigenvalue weighted by molar-refractivity contribution is 0.0982. The van der Waals surface area contributed by atoms with Crippen LogP contribution >= 0.6 is 11.6 Å². The molecule has 6 nitrogen and oxygen atoms in total. The van der Waals surface area contributed by atoms with Gasteiger partial charge in [0.1, 0.15) is 24.1 Å². The van der Waals surface area contributed by atoms with Crippen LogP contribution in [0.1, 0.15) is 26.2 Å². The molecule has 0 spiro atoms. The third-order valence-corrected chi connectivity index (χ3v) is 5.76. The van der Waals surface area contributed by atoms with Crippen molar-refractivity contribution in [1.29, 1.82) is 0 Å². The molecule has 1 aliphatic rings. The quantitative estimate of drug-likeness (QED) is 0.524. The predicted molar refractivity (Wildman–Crippen MR) is 121 cm³/mol. The first kappa shape index (κ1) is 21.6. The Morgan fingerprint density at radius 1 is 1.16 bits per heavy atom. The summed E-state index contributed by atoms with van der Waals surface area (Å²) in [5.74, 6) is 1.42. The van der Waals surface area contributed by atoms with E-state index in [1.807, 2.05) is 12.1 Å². The number of piperidine rings is 1. The third-order valence-electron chi connectivity index (χ3n) is 5.47. The minimum absolute atomic E-state index is 0.0449. The largest absolute Gasteiger partial charge is 0.493 e. The fourth-order valence-corrected chi connectivity index (χ4v) is 4.05. The molecule has 1 fully saturated rings. The molecule has 0 aliphatic carbocycles. The number of fused-ring (bicyclic) bond motifs is 1. The van der Waals surface area contributed by atoms with Gasteiger partial charge in [0.05, 0.1) is 17.6 Å². The van der Waals surface area contributed by atoms with E-state index in [1.165, 1.54) is 24.9 Å². The zero-order valence-electron chi connectivity index (χ0n) is 17.7. The molecule has 0 radical (unpaired) electrons. The Balaban J connectivity index is 1.60. The van der Waals surface area contributed by atoms with E-state index in [1.54, 1.807) is 13.2 Å². The molecule has 1 aromatic heterocycles.